The van der Waals surface area contributed by atoms with Crippen molar-refractivity contribution in [1.82, 2.24) is 10.3 Å². The van der Waals surface area contributed by atoms with Gasteiger partial charge < -0.3 is 10.3 Å². The molecule has 1 aromatic rings. The minimum atomic E-state index is -0.287. The van der Waals surface area contributed by atoms with Crippen molar-refractivity contribution in [2.24, 2.45) is 0 Å². The summed E-state index contributed by atoms with van der Waals surface area (Å²) in [7, 11) is 0. The first-order valence-corrected chi connectivity index (χ1v) is 4.17. The summed E-state index contributed by atoms with van der Waals surface area (Å²) in [5.74, 6) is 0. The van der Waals surface area contributed by atoms with Crippen molar-refractivity contribution in [3.63, 3.8) is 0 Å². The maximum absolute atomic E-state index is 11.2. The van der Waals surface area contributed by atoms with E-state index >= 15 is 0 Å². The standard InChI is InChI=1S/C9H9N3O.ClH/c10-4-7-3-6-1-2-11-5-8(6)12-9(7)13;/h3,11H,1-2,5H2,(H,12,13);1H. The fourth-order valence-electron chi connectivity index (χ4n) is 1.51. The van der Waals surface area contributed by atoms with E-state index in [-0.39, 0.29) is 23.5 Å². The van der Waals surface area contributed by atoms with Crippen LogP contribution in [0.5, 0.6) is 0 Å². The van der Waals surface area contributed by atoms with Crippen LogP contribution in [0.1, 0.15) is 16.8 Å². The van der Waals surface area contributed by atoms with E-state index in [4.69, 9.17) is 5.26 Å². The quantitative estimate of drug-likeness (QED) is 0.649. The Hall–Kier alpha value is -1.31. The normalized spacial score (nSPS) is 13.6. The number of nitrogens with one attached hydrogen (secondary N) is 2. The lowest BCUT2D eigenvalue weighted by atomic mass is 10.0. The Morgan fingerprint density at radius 1 is 1.50 bits per heavy atom. The molecule has 0 radical (unpaired) electrons. The molecule has 2 heterocycles. The van der Waals surface area contributed by atoms with Gasteiger partial charge in [-0.3, -0.25) is 4.79 Å². The summed E-state index contributed by atoms with van der Waals surface area (Å²) < 4.78 is 0. The summed E-state index contributed by atoms with van der Waals surface area (Å²) in [6.45, 7) is 1.60. The molecule has 1 aromatic heterocycles. The molecule has 2 rings (SSSR count). The van der Waals surface area contributed by atoms with Gasteiger partial charge in [0.1, 0.15) is 11.6 Å². The molecule has 1 aliphatic rings. The fraction of sp³-hybridized carbons (Fsp3) is 0.333. The molecule has 0 saturated heterocycles. The largest absolute Gasteiger partial charge is 0.324 e. The van der Waals surface area contributed by atoms with Crippen molar-refractivity contribution >= 4 is 12.4 Å². The van der Waals surface area contributed by atoms with Crippen molar-refractivity contribution < 1.29 is 0 Å². The van der Waals surface area contributed by atoms with E-state index in [1.165, 1.54) is 0 Å². The molecule has 14 heavy (non-hydrogen) atoms. The molecule has 2 N–H and O–H groups in total. The van der Waals surface area contributed by atoms with Gasteiger partial charge in [-0.2, -0.15) is 5.26 Å². The predicted molar refractivity (Wildman–Crippen MR) is 54.4 cm³/mol. The van der Waals surface area contributed by atoms with Gasteiger partial charge in [-0.1, -0.05) is 0 Å². The van der Waals surface area contributed by atoms with Gasteiger partial charge in [-0.15, -0.1) is 12.4 Å². The Bertz CT molecular complexity index is 433. The summed E-state index contributed by atoms with van der Waals surface area (Å²) in [6, 6.07) is 3.57. The van der Waals surface area contributed by atoms with Gasteiger partial charge in [-0.25, -0.2) is 0 Å². The molecule has 0 saturated carbocycles. The highest BCUT2D eigenvalue weighted by atomic mass is 35.5. The molecule has 0 bridgehead atoms. The van der Waals surface area contributed by atoms with Crippen molar-refractivity contribution in [3.8, 4) is 6.07 Å². The molecule has 74 valence electrons. The summed E-state index contributed by atoms with van der Waals surface area (Å²) in [5, 5.41) is 11.8. The number of rotatable bonds is 0. The van der Waals surface area contributed by atoms with Gasteiger partial charge in [0, 0.05) is 12.2 Å². The molecule has 1 aliphatic heterocycles. The van der Waals surface area contributed by atoms with E-state index in [9.17, 15) is 4.79 Å². The number of hydrogen-bond donors (Lipinski definition) is 2. The highest BCUT2D eigenvalue weighted by molar-refractivity contribution is 5.85. The minimum Gasteiger partial charge on any atom is -0.324 e. The van der Waals surface area contributed by atoms with E-state index < -0.39 is 0 Å². The monoisotopic (exact) mass is 211 g/mol. The number of nitrogens with zero attached hydrogens (tertiary/aromatic N) is 1. The fourth-order valence-corrected chi connectivity index (χ4v) is 1.51. The van der Waals surface area contributed by atoms with Crippen LogP contribution in [0.3, 0.4) is 0 Å². The summed E-state index contributed by atoms with van der Waals surface area (Å²) in [6.07, 6.45) is 0.876. The molecular weight excluding hydrogens is 202 g/mol. The van der Waals surface area contributed by atoms with Gasteiger partial charge in [0.2, 0.25) is 0 Å². The van der Waals surface area contributed by atoms with E-state index in [1.807, 2.05) is 6.07 Å². The first kappa shape index (κ1) is 10.8. The Kier molecular flexibility index (Phi) is 3.28. The van der Waals surface area contributed by atoms with Crippen molar-refractivity contribution in [3.05, 3.63) is 33.2 Å². The molecule has 0 aliphatic carbocycles. The van der Waals surface area contributed by atoms with Crippen LogP contribution in [0.15, 0.2) is 10.9 Å². The molecular formula is C9H10ClN3O. The third kappa shape index (κ3) is 1.79. The van der Waals surface area contributed by atoms with E-state index in [2.05, 4.69) is 10.3 Å². The highest BCUT2D eigenvalue weighted by Gasteiger charge is 2.11. The number of pyridine rings is 1. The van der Waals surface area contributed by atoms with Crippen LogP contribution in [0.4, 0.5) is 0 Å². The van der Waals surface area contributed by atoms with Crippen LogP contribution in [0, 0.1) is 11.3 Å². The minimum absolute atomic E-state index is 0. The second kappa shape index (κ2) is 4.27. The van der Waals surface area contributed by atoms with Crippen LogP contribution in [-0.4, -0.2) is 11.5 Å². The van der Waals surface area contributed by atoms with Crippen LogP contribution in [0.2, 0.25) is 0 Å². The number of aromatic amines is 1. The lowest BCUT2D eigenvalue weighted by Crippen LogP contribution is -2.28. The van der Waals surface area contributed by atoms with Crippen LogP contribution >= 0.6 is 12.4 Å². The van der Waals surface area contributed by atoms with E-state index in [1.54, 1.807) is 6.07 Å². The summed E-state index contributed by atoms with van der Waals surface area (Å²) >= 11 is 0. The molecule has 0 atom stereocenters. The van der Waals surface area contributed by atoms with Crippen molar-refractivity contribution in [2.45, 2.75) is 13.0 Å². The molecule has 0 unspecified atom stereocenters. The Balaban J connectivity index is 0.000000980. The molecule has 0 spiro atoms. The maximum atomic E-state index is 11.2. The smallest absolute Gasteiger partial charge is 0.266 e. The predicted octanol–water partition coefficient (Wildman–Crippen LogP) is 0.314. The second-order valence-electron chi connectivity index (χ2n) is 3.05. The van der Waals surface area contributed by atoms with Crippen molar-refractivity contribution in [1.29, 1.82) is 5.26 Å². The van der Waals surface area contributed by atoms with Gasteiger partial charge in [0.05, 0.1) is 0 Å². The molecule has 0 fully saturated rings. The molecule has 5 heteroatoms. The van der Waals surface area contributed by atoms with Gasteiger partial charge in [-0.05, 0) is 24.6 Å². The van der Waals surface area contributed by atoms with Crippen molar-refractivity contribution in [2.75, 3.05) is 6.54 Å². The average molecular weight is 212 g/mol. The first-order valence-electron chi connectivity index (χ1n) is 4.17. The zero-order valence-corrected chi connectivity index (χ0v) is 8.28. The summed E-state index contributed by atoms with van der Waals surface area (Å²) in [5.41, 5.74) is 1.91. The molecule has 0 amide bonds. The lowest BCUT2D eigenvalue weighted by Gasteiger charge is -2.15. The second-order valence-corrected chi connectivity index (χ2v) is 3.05. The lowest BCUT2D eigenvalue weighted by molar-refractivity contribution is 0.624. The first-order chi connectivity index (χ1) is 6.31. The number of fused-ring (bicyclic) bond motifs is 1. The molecule has 4 nitrogen and oxygen atoms in total. The highest BCUT2D eigenvalue weighted by Crippen LogP contribution is 2.09. The van der Waals surface area contributed by atoms with Gasteiger partial charge >= 0.3 is 0 Å². The third-order valence-electron chi connectivity index (χ3n) is 2.21. The van der Waals surface area contributed by atoms with Crippen LogP contribution in [-0.2, 0) is 13.0 Å². The van der Waals surface area contributed by atoms with Gasteiger partial charge in [0.15, 0.2) is 0 Å². The van der Waals surface area contributed by atoms with Crippen LogP contribution < -0.4 is 10.9 Å². The topological polar surface area (TPSA) is 68.7 Å². The van der Waals surface area contributed by atoms with E-state index in [0.29, 0.717) is 6.54 Å². The van der Waals surface area contributed by atoms with E-state index in [0.717, 1.165) is 24.2 Å². The maximum Gasteiger partial charge on any atom is 0.266 e. The Labute approximate surface area is 87.4 Å². The zero-order chi connectivity index (χ0) is 9.26. The average Bonchev–Trinajstić information content (AvgIpc) is 2.17. The number of nitriles is 1. The number of aromatic nitrogens is 1. The third-order valence-corrected chi connectivity index (χ3v) is 2.21. The van der Waals surface area contributed by atoms with Gasteiger partial charge in [0.25, 0.3) is 5.56 Å². The number of H-pyrrole nitrogens is 1. The molecule has 0 aromatic carbocycles. The summed E-state index contributed by atoms with van der Waals surface area (Å²) in [4.78, 5) is 13.9. The Morgan fingerprint density at radius 2 is 2.29 bits per heavy atom. The number of halogens is 1. The number of hydrogen-bond acceptors (Lipinski definition) is 3. The van der Waals surface area contributed by atoms with Crippen LogP contribution in [0.25, 0.3) is 0 Å². The SMILES string of the molecule is Cl.N#Cc1cc2c([nH]c1=O)CNCC2. The zero-order valence-electron chi connectivity index (χ0n) is 7.46. The Morgan fingerprint density at radius 3 is 3.00 bits per heavy atom.